The normalized spacial score (nSPS) is 11.4. The molecule has 0 saturated carbocycles. The van der Waals surface area contributed by atoms with Gasteiger partial charge in [-0.1, -0.05) is 42.5 Å². The summed E-state index contributed by atoms with van der Waals surface area (Å²) >= 11 is 0. The van der Waals surface area contributed by atoms with Crippen LogP contribution in [0.5, 0.6) is 0 Å². The third-order valence-electron chi connectivity index (χ3n) is 5.13. The molecule has 2 aromatic heterocycles. The van der Waals surface area contributed by atoms with E-state index in [9.17, 15) is 13.2 Å². The smallest absolute Gasteiger partial charge is 0.366 e. The van der Waals surface area contributed by atoms with Crippen LogP contribution in [0.4, 0.5) is 24.9 Å². The highest BCUT2D eigenvalue weighted by molar-refractivity contribution is 5.81. The summed E-state index contributed by atoms with van der Waals surface area (Å²) in [6.45, 7) is 0.599. The van der Waals surface area contributed by atoms with Crippen LogP contribution < -0.4 is 10.6 Å². The van der Waals surface area contributed by atoms with Gasteiger partial charge in [-0.25, -0.2) is 9.97 Å². The van der Waals surface area contributed by atoms with Crippen molar-refractivity contribution < 1.29 is 13.2 Å². The molecule has 164 valence electrons. The molecule has 4 rings (SSSR count). The number of aromatic nitrogens is 3. The van der Waals surface area contributed by atoms with Crippen LogP contribution in [0, 0.1) is 0 Å². The molecule has 2 aromatic carbocycles. The first-order chi connectivity index (χ1) is 15.4. The number of imidazole rings is 1. The lowest BCUT2D eigenvalue weighted by Crippen LogP contribution is -2.05. The van der Waals surface area contributed by atoms with Crippen LogP contribution in [0.1, 0.15) is 11.1 Å². The molecule has 0 fully saturated rings. The average molecular weight is 437 g/mol. The number of pyridine rings is 1. The predicted molar refractivity (Wildman–Crippen MR) is 120 cm³/mol. The van der Waals surface area contributed by atoms with Gasteiger partial charge in [0.05, 0.1) is 17.0 Å². The number of benzene rings is 2. The molecule has 0 amide bonds. The number of anilines is 2. The van der Waals surface area contributed by atoms with Crippen LogP contribution in [0.3, 0.4) is 0 Å². The number of nitrogens with zero attached hydrogens (tertiary/aromatic N) is 3. The predicted octanol–water partition coefficient (Wildman–Crippen LogP) is 5.82. The van der Waals surface area contributed by atoms with Gasteiger partial charge in [-0.05, 0) is 29.8 Å². The van der Waals surface area contributed by atoms with Crippen molar-refractivity contribution in [2.24, 2.45) is 7.05 Å². The number of rotatable bonds is 6. The van der Waals surface area contributed by atoms with E-state index in [1.54, 1.807) is 37.0 Å². The second-order valence-electron chi connectivity index (χ2n) is 7.29. The lowest BCUT2D eigenvalue weighted by atomic mass is 10.0. The zero-order valence-corrected chi connectivity index (χ0v) is 17.6. The van der Waals surface area contributed by atoms with Crippen molar-refractivity contribution in [3.05, 3.63) is 84.1 Å². The summed E-state index contributed by atoms with van der Waals surface area (Å²) in [4.78, 5) is 9.01. The number of hydrogen-bond acceptors (Lipinski definition) is 4. The Labute approximate surface area is 184 Å². The molecule has 0 aliphatic rings. The molecule has 4 aromatic rings. The minimum Gasteiger partial charge on any atom is -0.366 e. The number of nitrogens with one attached hydrogen (secondary N) is 2. The molecule has 5 nitrogen and oxygen atoms in total. The highest BCUT2D eigenvalue weighted by atomic mass is 19.4. The van der Waals surface area contributed by atoms with E-state index in [4.69, 9.17) is 0 Å². The summed E-state index contributed by atoms with van der Waals surface area (Å²) < 4.78 is 41.7. The van der Waals surface area contributed by atoms with Crippen molar-refractivity contribution in [1.29, 1.82) is 0 Å². The molecule has 0 saturated heterocycles. The molecule has 0 unspecified atom stereocenters. The monoisotopic (exact) mass is 437 g/mol. The molecule has 2 N–H and O–H groups in total. The van der Waals surface area contributed by atoms with Gasteiger partial charge < -0.3 is 15.2 Å². The Hall–Kier alpha value is -3.81. The maximum atomic E-state index is 13.3. The van der Waals surface area contributed by atoms with Crippen molar-refractivity contribution in [2.75, 3.05) is 17.7 Å². The van der Waals surface area contributed by atoms with E-state index in [1.165, 1.54) is 6.07 Å². The maximum Gasteiger partial charge on any atom is 0.416 e. The summed E-state index contributed by atoms with van der Waals surface area (Å²) in [7, 11) is 3.50. The molecule has 0 spiro atoms. The molecular weight excluding hydrogens is 415 g/mol. The highest BCUT2D eigenvalue weighted by Gasteiger charge is 2.31. The van der Waals surface area contributed by atoms with Crippen molar-refractivity contribution in [2.45, 2.75) is 12.7 Å². The average Bonchev–Trinajstić information content (AvgIpc) is 3.14. The van der Waals surface area contributed by atoms with Crippen molar-refractivity contribution in [3.8, 4) is 22.5 Å². The van der Waals surface area contributed by atoms with Gasteiger partial charge in [0, 0.05) is 38.0 Å². The fourth-order valence-corrected chi connectivity index (χ4v) is 3.56. The minimum absolute atomic E-state index is 0.432. The zero-order chi connectivity index (χ0) is 22.7. The van der Waals surface area contributed by atoms with Crippen molar-refractivity contribution in [1.82, 2.24) is 14.5 Å². The Kier molecular flexibility index (Phi) is 5.85. The van der Waals surface area contributed by atoms with Crippen LogP contribution >= 0.6 is 0 Å². The van der Waals surface area contributed by atoms with Crippen molar-refractivity contribution in [3.63, 3.8) is 0 Å². The van der Waals surface area contributed by atoms with Crippen LogP contribution in [-0.4, -0.2) is 21.6 Å². The van der Waals surface area contributed by atoms with Gasteiger partial charge in [-0.15, -0.1) is 0 Å². The number of halogens is 3. The van der Waals surface area contributed by atoms with Crippen LogP contribution in [0.2, 0.25) is 0 Å². The van der Waals surface area contributed by atoms with Gasteiger partial charge in [0.15, 0.2) is 0 Å². The van der Waals surface area contributed by atoms with Gasteiger partial charge in [0.1, 0.15) is 5.82 Å². The van der Waals surface area contributed by atoms with Gasteiger partial charge in [-0.2, -0.15) is 13.2 Å². The summed E-state index contributed by atoms with van der Waals surface area (Å²) in [5.74, 6) is 1.20. The van der Waals surface area contributed by atoms with E-state index >= 15 is 0 Å². The molecule has 8 heteroatoms. The summed E-state index contributed by atoms with van der Waals surface area (Å²) in [5, 5.41) is 6.28. The Balaban J connectivity index is 1.73. The molecule has 0 atom stereocenters. The standard InChI is InChI=1S/C24H22F3N5/c1-28-23-31-21(22(32(23)2)18-9-6-10-19(13-18)24(25,26)27)17-11-12-29-20(14-17)30-15-16-7-4-3-5-8-16/h3-14H,15H2,1-2H3,(H,28,31)(H,29,30). The second kappa shape index (κ2) is 8.74. The van der Waals surface area contributed by atoms with E-state index in [2.05, 4.69) is 20.6 Å². The Morgan fingerprint density at radius 3 is 2.44 bits per heavy atom. The minimum atomic E-state index is -4.42. The quantitative estimate of drug-likeness (QED) is 0.399. The van der Waals surface area contributed by atoms with Gasteiger partial charge in [0.25, 0.3) is 0 Å². The summed E-state index contributed by atoms with van der Waals surface area (Å²) in [6.07, 6.45) is -2.77. The lowest BCUT2D eigenvalue weighted by Gasteiger charge is -2.12. The molecular formula is C24H22F3N5. The SMILES string of the molecule is CNc1nc(-c2ccnc(NCc3ccccc3)c2)c(-c2cccc(C(F)(F)F)c2)n1C. The van der Waals surface area contributed by atoms with Gasteiger partial charge in [0.2, 0.25) is 5.95 Å². The zero-order valence-electron chi connectivity index (χ0n) is 17.6. The van der Waals surface area contributed by atoms with E-state index in [1.807, 2.05) is 36.4 Å². The van der Waals surface area contributed by atoms with Crippen LogP contribution in [0.15, 0.2) is 72.9 Å². The van der Waals surface area contributed by atoms with Gasteiger partial charge in [-0.3, -0.25) is 0 Å². The Morgan fingerprint density at radius 1 is 0.938 bits per heavy atom. The third-order valence-corrected chi connectivity index (χ3v) is 5.13. The first-order valence-electron chi connectivity index (χ1n) is 10.0. The molecule has 0 bridgehead atoms. The first-order valence-corrected chi connectivity index (χ1v) is 10.0. The third kappa shape index (κ3) is 4.44. The molecule has 0 aliphatic heterocycles. The first kappa shape index (κ1) is 21.4. The van der Waals surface area contributed by atoms with Crippen LogP contribution in [-0.2, 0) is 19.8 Å². The van der Waals surface area contributed by atoms with E-state index in [-0.39, 0.29) is 0 Å². The van der Waals surface area contributed by atoms with E-state index < -0.39 is 11.7 Å². The molecule has 0 aliphatic carbocycles. The lowest BCUT2D eigenvalue weighted by molar-refractivity contribution is -0.137. The van der Waals surface area contributed by atoms with Crippen molar-refractivity contribution >= 4 is 11.8 Å². The largest absolute Gasteiger partial charge is 0.416 e. The summed E-state index contributed by atoms with van der Waals surface area (Å²) in [6, 6.07) is 18.9. The second-order valence-corrected chi connectivity index (χ2v) is 7.29. The maximum absolute atomic E-state index is 13.3. The number of hydrogen-bond donors (Lipinski definition) is 2. The molecule has 2 heterocycles. The fourth-order valence-electron chi connectivity index (χ4n) is 3.56. The van der Waals surface area contributed by atoms with Gasteiger partial charge >= 0.3 is 6.18 Å². The summed E-state index contributed by atoms with van der Waals surface area (Å²) in [5.41, 5.74) is 2.75. The fraction of sp³-hybridized carbons (Fsp3) is 0.167. The number of alkyl halides is 3. The topological polar surface area (TPSA) is 54.8 Å². The molecule has 0 radical (unpaired) electrons. The van der Waals surface area contributed by atoms with E-state index in [0.717, 1.165) is 23.3 Å². The van der Waals surface area contributed by atoms with Crippen LogP contribution in [0.25, 0.3) is 22.5 Å². The van der Waals surface area contributed by atoms with E-state index in [0.29, 0.717) is 35.3 Å². The molecule has 32 heavy (non-hydrogen) atoms. The Morgan fingerprint density at radius 2 is 1.72 bits per heavy atom. The highest BCUT2D eigenvalue weighted by Crippen LogP contribution is 2.37. The Bertz CT molecular complexity index is 1220.